The molecule has 0 saturated carbocycles. The van der Waals surface area contributed by atoms with Gasteiger partial charge in [0.1, 0.15) is 4.83 Å². The van der Waals surface area contributed by atoms with E-state index >= 15 is 0 Å². The molecule has 3 rings (SSSR count). The third kappa shape index (κ3) is 2.37. The predicted octanol–water partition coefficient (Wildman–Crippen LogP) is 4.63. The van der Waals surface area contributed by atoms with Gasteiger partial charge < -0.3 is 4.98 Å². The van der Waals surface area contributed by atoms with Gasteiger partial charge in [0.2, 0.25) is 0 Å². The van der Waals surface area contributed by atoms with Gasteiger partial charge >= 0.3 is 0 Å². The third-order valence-corrected chi connectivity index (χ3v) is 4.74. The first-order valence-corrected chi connectivity index (χ1v) is 7.90. The Morgan fingerprint density at radius 1 is 1.38 bits per heavy atom. The lowest BCUT2D eigenvalue weighted by molar-refractivity contribution is 0.754. The summed E-state index contributed by atoms with van der Waals surface area (Å²) >= 11 is 12.9. The van der Waals surface area contributed by atoms with Crippen LogP contribution >= 0.6 is 35.2 Å². The number of H-pyrrole nitrogens is 1. The molecule has 0 bridgehead atoms. The molecule has 0 amide bonds. The van der Waals surface area contributed by atoms with Crippen LogP contribution in [0.1, 0.15) is 0 Å². The molecule has 6 heteroatoms. The first kappa shape index (κ1) is 14.3. The smallest absolute Gasteiger partial charge is 0.263 e. The number of fused-ring (bicyclic) bond motifs is 1. The molecule has 2 aromatic heterocycles. The van der Waals surface area contributed by atoms with Crippen LogP contribution in [0.2, 0.25) is 5.02 Å². The van der Waals surface area contributed by atoms with E-state index in [1.165, 1.54) is 15.9 Å². The Bertz CT molecular complexity index is 952. The Kier molecular flexibility index (Phi) is 3.80. The number of hydrogen-bond donors (Lipinski definition) is 1. The predicted molar refractivity (Wildman–Crippen MR) is 91.9 cm³/mol. The molecule has 0 aliphatic heterocycles. The zero-order chi connectivity index (χ0) is 15.0. The van der Waals surface area contributed by atoms with Crippen LogP contribution in [0.4, 0.5) is 0 Å². The Morgan fingerprint density at radius 3 is 2.86 bits per heavy atom. The van der Waals surface area contributed by atoms with Crippen LogP contribution in [0.3, 0.4) is 0 Å². The lowest BCUT2D eigenvalue weighted by Crippen LogP contribution is -2.21. The number of allylic oxidation sites excluding steroid dienone is 1. The van der Waals surface area contributed by atoms with Crippen molar-refractivity contribution in [3.63, 3.8) is 0 Å². The van der Waals surface area contributed by atoms with Crippen molar-refractivity contribution < 1.29 is 0 Å². The number of halogens is 1. The minimum Gasteiger partial charge on any atom is -0.323 e. The lowest BCUT2D eigenvalue weighted by atomic mass is 10.1. The summed E-state index contributed by atoms with van der Waals surface area (Å²) in [5, 5.41) is 3.16. The minimum atomic E-state index is -0.121. The number of aromatic nitrogens is 2. The van der Waals surface area contributed by atoms with Gasteiger partial charge in [-0.2, -0.15) is 0 Å². The number of hydrogen-bond acceptors (Lipinski definition) is 3. The van der Waals surface area contributed by atoms with E-state index in [1.54, 1.807) is 6.08 Å². The highest BCUT2D eigenvalue weighted by molar-refractivity contribution is 7.71. The van der Waals surface area contributed by atoms with Crippen LogP contribution in [0, 0.1) is 4.77 Å². The van der Waals surface area contributed by atoms with Gasteiger partial charge in [0.05, 0.1) is 5.39 Å². The summed E-state index contributed by atoms with van der Waals surface area (Å²) in [6.07, 6.45) is 1.65. The van der Waals surface area contributed by atoms with Crippen molar-refractivity contribution in [3.8, 4) is 11.1 Å². The molecule has 1 aromatic carbocycles. The fourth-order valence-electron chi connectivity index (χ4n) is 2.23. The number of rotatable bonds is 3. The summed E-state index contributed by atoms with van der Waals surface area (Å²) in [6, 6.07) is 7.48. The zero-order valence-corrected chi connectivity index (χ0v) is 13.3. The van der Waals surface area contributed by atoms with Gasteiger partial charge in [0.25, 0.3) is 5.56 Å². The highest BCUT2D eigenvalue weighted by Gasteiger charge is 2.14. The summed E-state index contributed by atoms with van der Waals surface area (Å²) in [6.45, 7) is 4.04. The van der Waals surface area contributed by atoms with Crippen LogP contribution in [0.5, 0.6) is 0 Å². The number of nitrogens with zero attached hydrogens (tertiary/aromatic N) is 1. The Hall–Kier alpha value is -1.69. The second-order valence-electron chi connectivity index (χ2n) is 4.47. The Balaban J connectivity index is 2.39. The summed E-state index contributed by atoms with van der Waals surface area (Å²) in [5.74, 6) is 0. The van der Waals surface area contributed by atoms with E-state index in [2.05, 4.69) is 11.6 Å². The SMILES string of the molecule is C=CCn1c(=S)[nH]c2scc(-c3ccccc3Cl)c2c1=O. The number of thiophene rings is 1. The van der Waals surface area contributed by atoms with Gasteiger partial charge in [0.15, 0.2) is 4.77 Å². The van der Waals surface area contributed by atoms with Crippen LogP contribution in [-0.4, -0.2) is 9.55 Å². The molecule has 0 saturated heterocycles. The molecule has 0 unspecified atom stereocenters. The molecule has 0 aliphatic rings. The van der Waals surface area contributed by atoms with E-state index in [0.717, 1.165) is 16.0 Å². The van der Waals surface area contributed by atoms with Gasteiger partial charge in [-0.15, -0.1) is 17.9 Å². The first-order valence-electron chi connectivity index (χ1n) is 6.23. The van der Waals surface area contributed by atoms with E-state index in [4.69, 9.17) is 23.8 Å². The molecule has 0 aliphatic carbocycles. The van der Waals surface area contributed by atoms with Crippen molar-refractivity contribution in [2.45, 2.75) is 6.54 Å². The van der Waals surface area contributed by atoms with E-state index in [1.807, 2.05) is 29.6 Å². The van der Waals surface area contributed by atoms with Crippen LogP contribution in [-0.2, 0) is 6.54 Å². The highest BCUT2D eigenvalue weighted by Crippen LogP contribution is 2.34. The van der Waals surface area contributed by atoms with Gasteiger partial charge in [0, 0.05) is 28.1 Å². The number of aromatic amines is 1. The molecule has 2 heterocycles. The minimum absolute atomic E-state index is 0.121. The van der Waals surface area contributed by atoms with Gasteiger partial charge in [-0.05, 0) is 18.3 Å². The van der Waals surface area contributed by atoms with Crippen molar-refractivity contribution in [1.29, 1.82) is 0 Å². The van der Waals surface area contributed by atoms with E-state index < -0.39 is 0 Å². The molecule has 3 nitrogen and oxygen atoms in total. The van der Waals surface area contributed by atoms with Crippen molar-refractivity contribution in [1.82, 2.24) is 9.55 Å². The highest BCUT2D eigenvalue weighted by atomic mass is 35.5. The molecule has 21 heavy (non-hydrogen) atoms. The van der Waals surface area contributed by atoms with Crippen LogP contribution in [0.25, 0.3) is 21.3 Å². The lowest BCUT2D eigenvalue weighted by Gasteiger charge is -2.05. The van der Waals surface area contributed by atoms with Crippen molar-refractivity contribution >= 4 is 45.4 Å². The summed E-state index contributed by atoms with van der Waals surface area (Å²) in [4.78, 5) is 16.6. The van der Waals surface area contributed by atoms with Gasteiger partial charge in [-0.25, -0.2) is 0 Å². The molecule has 0 radical (unpaired) electrons. The van der Waals surface area contributed by atoms with Crippen LogP contribution in [0.15, 0.2) is 47.1 Å². The fraction of sp³-hybridized carbons (Fsp3) is 0.0667. The van der Waals surface area contributed by atoms with E-state index in [0.29, 0.717) is 21.7 Å². The number of nitrogens with one attached hydrogen (secondary N) is 1. The van der Waals surface area contributed by atoms with Crippen LogP contribution < -0.4 is 5.56 Å². The average molecular weight is 335 g/mol. The Labute approximate surface area is 135 Å². The molecular weight excluding hydrogens is 324 g/mol. The fourth-order valence-corrected chi connectivity index (χ4v) is 3.74. The number of benzene rings is 1. The monoisotopic (exact) mass is 334 g/mol. The van der Waals surface area contributed by atoms with Crippen molar-refractivity contribution in [3.05, 3.63) is 62.4 Å². The third-order valence-electron chi connectivity index (χ3n) is 3.19. The van der Waals surface area contributed by atoms with E-state index in [-0.39, 0.29) is 5.56 Å². The second kappa shape index (κ2) is 5.60. The quantitative estimate of drug-likeness (QED) is 0.560. The van der Waals surface area contributed by atoms with E-state index in [9.17, 15) is 4.79 Å². The molecule has 0 fully saturated rings. The zero-order valence-electron chi connectivity index (χ0n) is 10.9. The second-order valence-corrected chi connectivity index (χ2v) is 6.14. The normalized spacial score (nSPS) is 10.9. The summed E-state index contributed by atoms with van der Waals surface area (Å²) in [7, 11) is 0. The first-order chi connectivity index (χ1) is 10.1. The Morgan fingerprint density at radius 2 is 2.14 bits per heavy atom. The standard InChI is InChI=1S/C15H11ClN2OS2/c1-2-7-18-14(19)12-10(8-21-13(12)17-15(18)20)9-5-3-4-6-11(9)16/h2-6,8H,1,7H2,(H,17,20). The molecule has 1 N–H and O–H groups in total. The van der Waals surface area contributed by atoms with Gasteiger partial charge in [-0.3, -0.25) is 9.36 Å². The average Bonchev–Trinajstić information content (AvgIpc) is 2.87. The topological polar surface area (TPSA) is 37.8 Å². The summed E-state index contributed by atoms with van der Waals surface area (Å²) < 4.78 is 1.90. The molecule has 106 valence electrons. The van der Waals surface area contributed by atoms with Crippen molar-refractivity contribution in [2.75, 3.05) is 0 Å². The maximum Gasteiger partial charge on any atom is 0.263 e. The summed E-state index contributed by atoms with van der Waals surface area (Å²) in [5.41, 5.74) is 1.55. The molecule has 0 atom stereocenters. The molecular formula is C15H11ClN2OS2. The largest absolute Gasteiger partial charge is 0.323 e. The molecule has 3 aromatic rings. The maximum absolute atomic E-state index is 12.7. The molecule has 0 spiro atoms. The van der Waals surface area contributed by atoms with Gasteiger partial charge in [-0.1, -0.05) is 35.9 Å². The maximum atomic E-state index is 12.7. The van der Waals surface area contributed by atoms with Crippen molar-refractivity contribution in [2.24, 2.45) is 0 Å².